The minimum absolute atomic E-state index is 0.0239. The molecule has 2 aliphatic heterocycles. The minimum Gasteiger partial charge on any atom is -0.432 e. The predicted octanol–water partition coefficient (Wildman–Crippen LogP) is 7.34. The number of ketones is 2. The molecule has 0 radical (unpaired) electrons. The molecule has 2 aliphatic rings. The van der Waals surface area contributed by atoms with Crippen molar-refractivity contribution in [3.05, 3.63) is 71.5 Å². The van der Waals surface area contributed by atoms with Crippen LogP contribution in [0.25, 0.3) is 0 Å². The van der Waals surface area contributed by atoms with Crippen molar-refractivity contribution >= 4 is 70.2 Å². The van der Waals surface area contributed by atoms with Gasteiger partial charge in [0.1, 0.15) is 11.3 Å². The molecule has 6 bridgehead atoms. The first-order chi connectivity index (χ1) is 26.2. The summed E-state index contributed by atoms with van der Waals surface area (Å²) in [6.07, 6.45) is -5.05. The molecule has 0 atom stereocenters. The van der Waals surface area contributed by atoms with E-state index in [2.05, 4.69) is 40.8 Å². The molecule has 1 amide bonds. The number of alkyl halides is 9. The average Bonchev–Trinajstić information content (AvgIpc) is 3.67. The normalized spacial score (nSPS) is 14.4. The molecule has 1 saturated heterocycles. The molecule has 4 aromatic rings. The topological polar surface area (TPSA) is 172 Å². The van der Waals surface area contributed by atoms with Crippen LogP contribution in [0.2, 0.25) is 5.02 Å². The third kappa shape index (κ3) is 12.9. The highest BCUT2D eigenvalue weighted by atomic mass is 35.5. The molecule has 5 heterocycles. The fraction of sp³-hybridized carbons (Fsp3) is 0.333. The van der Waals surface area contributed by atoms with Crippen LogP contribution in [0.4, 0.5) is 74.4 Å². The van der Waals surface area contributed by atoms with Crippen molar-refractivity contribution in [1.29, 1.82) is 0 Å². The molecule has 0 spiro atoms. The van der Waals surface area contributed by atoms with Gasteiger partial charge in [-0.15, -0.1) is 0 Å². The van der Waals surface area contributed by atoms with Gasteiger partial charge in [-0.1, -0.05) is 11.6 Å². The number of aryl methyl sites for hydroxylation is 2. The van der Waals surface area contributed by atoms with Crippen LogP contribution < -0.4 is 20.9 Å². The van der Waals surface area contributed by atoms with Crippen molar-refractivity contribution < 1.29 is 63.1 Å². The first-order valence-electron chi connectivity index (χ1n) is 16.0. The van der Waals surface area contributed by atoms with E-state index in [9.17, 15) is 53.9 Å². The Balaban J connectivity index is 0.000000323. The van der Waals surface area contributed by atoms with Crippen molar-refractivity contribution in [2.24, 2.45) is 5.92 Å². The van der Waals surface area contributed by atoms with E-state index in [1.54, 1.807) is 24.9 Å². The molecule has 0 unspecified atom stereocenters. The van der Waals surface area contributed by atoms with Gasteiger partial charge in [0.05, 0.1) is 24.3 Å². The molecule has 13 nitrogen and oxygen atoms in total. The third-order valence-corrected chi connectivity index (χ3v) is 8.03. The number of pyridine rings is 1. The number of carbonyl (C=O) groups is 4. The average molecular weight is 823 g/mol. The summed E-state index contributed by atoms with van der Waals surface area (Å²) in [6, 6.07) is 8.57. The monoisotopic (exact) mass is 822 g/mol. The van der Waals surface area contributed by atoms with E-state index in [-0.39, 0.29) is 5.91 Å². The second-order valence-corrected chi connectivity index (χ2v) is 12.3. The molecule has 0 aliphatic carbocycles. The second kappa shape index (κ2) is 18.2. The van der Waals surface area contributed by atoms with Crippen LogP contribution in [0.5, 0.6) is 0 Å². The molecule has 1 aromatic carbocycles. The quantitative estimate of drug-likeness (QED) is 0.104. The van der Waals surface area contributed by atoms with Gasteiger partial charge in [-0.3, -0.25) is 24.2 Å². The summed E-state index contributed by atoms with van der Waals surface area (Å²) in [4.78, 5) is 60.5. The van der Waals surface area contributed by atoms with Crippen LogP contribution in [-0.4, -0.2) is 75.3 Å². The summed E-state index contributed by atoms with van der Waals surface area (Å²) < 4.78 is 104. The number of carbonyl (C=O) groups excluding carboxylic acids is 4. The lowest BCUT2D eigenvalue weighted by atomic mass is 9.93. The predicted molar refractivity (Wildman–Crippen MR) is 181 cm³/mol. The van der Waals surface area contributed by atoms with Crippen LogP contribution in [0.3, 0.4) is 0 Å². The number of Topliss-reactive ketones (excluding diaryl/α,β-unsaturated/α-hetero) is 2. The Hall–Kier alpha value is -5.80. The van der Waals surface area contributed by atoms with E-state index in [0.29, 0.717) is 35.1 Å². The lowest BCUT2D eigenvalue weighted by Crippen LogP contribution is -2.39. The maximum atomic E-state index is 13.1. The Morgan fingerprint density at radius 1 is 0.893 bits per heavy atom. The number of anilines is 6. The number of hydrogen-bond donors (Lipinski definition) is 3. The number of benzene rings is 1. The molecule has 3 N–H and O–H groups in total. The summed E-state index contributed by atoms with van der Waals surface area (Å²) in [5.74, 6) is -5.56. The summed E-state index contributed by atoms with van der Waals surface area (Å²) in [6.45, 7) is 1.67. The standard InChI is InChI=1S/C27H27ClN8O2.C4F6O2.C2HF3O/c28-22-16-31-26-33-21-11-18(14-29-15-21)1-2-19-13-20(32-25(22)35-26)3-4-23(19)34-24(37)12-17-5-8-36(9-6-17)27-30-7-10-38-27;5-3(6,7)1(11)2(12)4(8,9)10;3-2(4,5)1-6/h3-4,7,10-11,13-17H,1-2,5-6,8-9,12H2,(H,34,37)(H2,31,32,33,35);;1H. The Labute approximate surface area is 315 Å². The van der Waals surface area contributed by atoms with Gasteiger partial charge in [0.25, 0.3) is 6.01 Å². The van der Waals surface area contributed by atoms with Gasteiger partial charge in [0, 0.05) is 37.1 Å². The van der Waals surface area contributed by atoms with E-state index >= 15 is 0 Å². The maximum Gasteiger partial charge on any atom is 0.458 e. The SMILES string of the molecule is O=C(C(=O)C(F)(F)F)C(F)(F)F.O=C(CC1CCN(c2ncco2)CC1)Nc1ccc2cc1CCc1cncc(c1)Nc1ncc(Cl)c(n1)N2.O=CC(F)(F)F. The van der Waals surface area contributed by atoms with Gasteiger partial charge in [-0.25, -0.2) is 9.97 Å². The Kier molecular flexibility index (Phi) is 14.0. The molecule has 56 heavy (non-hydrogen) atoms. The summed E-state index contributed by atoms with van der Waals surface area (Å²) in [5, 5.41) is 10.1. The van der Waals surface area contributed by atoms with Crippen LogP contribution in [0.15, 0.2) is 59.7 Å². The molecule has 6 rings (SSSR count). The molecule has 3 aromatic heterocycles. The number of rotatable bonds is 5. The number of piperidine rings is 1. The highest BCUT2D eigenvalue weighted by Crippen LogP contribution is 2.31. The zero-order valence-corrected chi connectivity index (χ0v) is 29.1. The highest BCUT2D eigenvalue weighted by Gasteiger charge is 2.54. The fourth-order valence-corrected chi connectivity index (χ4v) is 5.31. The largest absolute Gasteiger partial charge is 0.458 e. The molecule has 300 valence electrons. The molecular weight excluding hydrogens is 795 g/mol. The van der Waals surface area contributed by atoms with Crippen LogP contribution >= 0.6 is 11.6 Å². The van der Waals surface area contributed by atoms with E-state index < -0.39 is 36.4 Å². The van der Waals surface area contributed by atoms with Crippen LogP contribution in [0.1, 0.15) is 30.4 Å². The van der Waals surface area contributed by atoms with Gasteiger partial charge in [-0.05, 0) is 67.0 Å². The number of halogens is 10. The van der Waals surface area contributed by atoms with Crippen LogP contribution in [-0.2, 0) is 32.0 Å². The van der Waals surface area contributed by atoms with Crippen LogP contribution in [0, 0.1) is 5.92 Å². The van der Waals surface area contributed by atoms with Gasteiger partial charge in [0.2, 0.25) is 18.1 Å². The van der Waals surface area contributed by atoms with Crippen molar-refractivity contribution in [1.82, 2.24) is 19.9 Å². The van der Waals surface area contributed by atoms with Gasteiger partial charge in [-0.2, -0.15) is 44.5 Å². The molecule has 0 saturated carbocycles. The number of hydrogen-bond acceptors (Lipinski definition) is 12. The smallest absolute Gasteiger partial charge is 0.432 e. The van der Waals surface area contributed by atoms with Gasteiger partial charge >= 0.3 is 30.1 Å². The van der Waals surface area contributed by atoms with Crippen molar-refractivity contribution in [2.75, 3.05) is 33.9 Å². The fourth-order valence-electron chi connectivity index (χ4n) is 5.17. The zero-order valence-electron chi connectivity index (χ0n) is 28.4. The van der Waals surface area contributed by atoms with Crippen molar-refractivity contribution in [2.45, 2.75) is 50.6 Å². The first kappa shape index (κ1) is 42.9. The lowest BCUT2D eigenvalue weighted by Gasteiger charge is -2.30. The zero-order chi connectivity index (χ0) is 41.3. The molecule has 1 fully saturated rings. The summed E-state index contributed by atoms with van der Waals surface area (Å²) in [7, 11) is 0. The number of aldehydes is 1. The molecular formula is C33H28ClF9N8O5. The number of amides is 1. The van der Waals surface area contributed by atoms with E-state index in [0.717, 1.165) is 67.0 Å². The minimum atomic E-state index is -5.77. The van der Waals surface area contributed by atoms with E-state index in [4.69, 9.17) is 20.8 Å². The van der Waals surface area contributed by atoms with E-state index in [1.807, 2.05) is 30.5 Å². The highest BCUT2D eigenvalue weighted by molar-refractivity contribution is 6.41. The molecule has 23 heteroatoms. The summed E-state index contributed by atoms with van der Waals surface area (Å²) in [5.41, 5.74) is 4.52. The number of oxazole rings is 1. The number of nitrogens with zero attached hydrogens (tertiary/aromatic N) is 5. The van der Waals surface area contributed by atoms with Gasteiger partial charge < -0.3 is 25.3 Å². The Morgan fingerprint density at radius 3 is 2.14 bits per heavy atom. The maximum absolute atomic E-state index is 13.1. The first-order valence-corrected chi connectivity index (χ1v) is 16.4. The number of aromatic nitrogens is 4. The lowest BCUT2D eigenvalue weighted by molar-refractivity contribution is -0.193. The second-order valence-electron chi connectivity index (χ2n) is 11.9. The van der Waals surface area contributed by atoms with E-state index in [1.165, 1.54) is 0 Å². The Bertz CT molecular complexity index is 1980. The summed E-state index contributed by atoms with van der Waals surface area (Å²) >= 11 is 6.37. The van der Waals surface area contributed by atoms with Crippen molar-refractivity contribution in [3.8, 4) is 0 Å². The van der Waals surface area contributed by atoms with Crippen molar-refractivity contribution in [3.63, 3.8) is 0 Å². The number of fused-ring (bicyclic) bond motifs is 6. The Morgan fingerprint density at radius 2 is 1.55 bits per heavy atom. The van der Waals surface area contributed by atoms with Gasteiger partial charge in [0.15, 0.2) is 5.82 Å². The number of nitrogens with one attached hydrogen (secondary N) is 3. The third-order valence-electron chi connectivity index (χ3n) is 7.75.